The van der Waals surface area contributed by atoms with E-state index in [2.05, 4.69) is 13.8 Å². The number of rotatable bonds is 4. The standard InChI is InChI=1S/C14H21NO2/c1-5-15(9-10(2)3)14(17)12-6-7-13(16)11(4)8-12/h6-8,10,16H,5,9H2,1-4H3. The zero-order valence-electron chi connectivity index (χ0n) is 11.0. The summed E-state index contributed by atoms with van der Waals surface area (Å²) >= 11 is 0. The Morgan fingerprint density at radius 2 is 2.06 bits per heavy atom. The van der Waals surface area contributed by atoms with Crippen molar-refractivity contribution in [2.24, 2.45) is 5.92 Å². The second kappa shape index (κ2) is 5.71. The molecule has 1 rings (SSSR count). The van der Waals surface area contributed by atoms with Gasteiger partial charge < -0.3 is 10.0 Å². The van der Waals surface area contributed by atoms with Crippen LogP contribution in [-0.4, -0.2) is 29.0 Å². The van der Waals surface area contributed by atoms with Crippen molar-refractivity contribution in [1.29, 1.82) is 0 Å². The van der Waals surface area contributed by atoms with Crippen molar-refractivity contribution in [2.75, 3.05) is 13.1 Å². The highest BCUT2D eigenvalue weighted by Crippen LogP contribution is 2.18. The van der Waals surface area contributed by atoms with E-state index in [4.69, 9.17) is 0 Å². The number of phenolic OH excluding ortho intramolecular Hbond substituents is 1. The molecule has 1 aromatic carbocycles. The molecule has 94 valence electrons. The minimum atomic E-state index is 0.0318. The van der Waals surface area contributed by atoms with E-state index < -0.39 is 0 Å². The first kappa shape index (κ1) is 13.6. The van der Waals surface area contributed by atoms with Gasteiger partial charge in [-0.3, -0.25) is 4.79 Å². The summed E-state index contributed by atoms with van der Waals surface area (Å²) in [5.41, 5.74) is 1.37. The van der Waals surface area contributed by atoms with Crippen LogP contribution in [0, 0.1) is 12.8 Å². The van der Waals surface area contributed by atoms with Crippen LogP contribution in [0.1, 0.15) is 36.7 Å². The van der Waals surface area contributed by atoms with E-state index >= 15 is 0 Å². The molecule has 0 aliphatic heterocycles. The summed E-state index contributed by atoms with van der Waals surface area (Å²) in [6, 6.07) is 4.99. The second-order valence-corrected chi connectivity index (χ2v) is 4.74. The van der Waals surface area contributed by atoms with E-state index in [1.54, 1.807) is 25.1 Å². The molecule has 0 spiro atoms. The normalized spacial score (nSPS) is 10.6. The molecule has 3 heteroatoms. The maximum absolute atomic E-state index is 12.2. The Morgan fingerprint density at radius 1 is 1.41 bits per heavy atom. The number of amides is 1. The summed E-state index contributed by atoms with van der Waals surface area (Å²) in [4.78, 5) is 14.0. The molecular formula is C14H21NO2. The lowest BCUT2D eigenvalue weighted by Gasteiger charge is -2.23. The molecule has 0 fully saturated rings. The largest absolute Gasteiger partial charge is 0.508 e. The highest BCUT2D eigenvalue weighted by molar-refractivity contribution is 5.94. The molecule has 0 saturated carbocycles. The maximum Gasteiger partial charge on any atom is 0.253 e. The van der Waals surface area contributed by atoms with Crippen molar-refractivity contribution in [3.05, 3.63) is 29.3 Å². The molecule has 0 bridgehead atoms. The van der Waals surface area contributed by atoms with Gasteiger partial charge in [0.2, 0.25) is 0 Å². The molecule has 17 heavy (non-hydrogen) atoms. The van der Waals surface area contributed by atoms with E-state index in [-0.39, 0.29) is 11.7 Å². The fourth-order valence-electron chi connectivity index (χ4n) is 1.77. The van der Waals surface area contributed by atoms with Crippen molar-refractivity contribution >= 4 is 5.91 Å². The number of carbonyl (C=O) groups is 1. The minimum Gasteiger partial charge on any atom is -0.508 e. The van der Waals surface area contributed by atoms with Gasteiger partial charge >= 0.3 is 0 Å². The van der Waals surface area contributed by atoms with Crippen LogP contribution < -0.4 is 0 Å². The minimum absolute atomic E-state index is 0.0318. The fourth-order valence-corrected chi connectivity index (χ4v) is 1.77. The second-order valence-electron chi connectivity index (χ2n) is 4.74. The van der Waals surface area contributed by atoms with Crippen LogP contribution in [0.3, 0.4) is 0 Å². The molecule has 0 aliphatic rings. The van der Waals surface area contributed by atoms with Crippen molar-refractivity contribution in [2.45, 2.75) is 27.7 Å². The molecule has 0 unspecified atom stereocenters. The van der Waals surface area contributed by atoms with Gasteiger partial charge in [0.15, 0.2) is 0 Å². The average Bonchev–Trinajstić information content (AvgIpc) is 2.28. The van der Waals surface area contributed by atoms with E-state index in [1.165, 1.54) is 0 Å². The lowest BCUT2D eigenvalue weighted by Crippen LogP contribution is -2.34. The number of carbonyl (C=O) groups excluding carboxylic acids is 1. The molecule has 0 aliphatic carbocycles. The molecule has 1 N–H and O–H groups in total. The van der Waals surface area contributed by atoms with Gasteiger partial charge in [-0.25, -0.2) is 0 Å². The summed E-state index contributed by atoms with van der Waals surface area (Å²) < 4.78 is 0. The predicted molar refractivity (Wildman–Crippen MR) is 69.3 cm³/mol. The number of hydrogen-bond acceptors (Lipinski definition) is 2. The van der Waals surface area contributed by atoms with Crippen LogP contribution in [0.2, 0.25) is 0 Å². The first-order valence-electron chi connectivity index (χ1n) is 6.04. The fraction of sp³-hybridized carbons (Fsp3) is 0.500. The Bertz CT molecular complexity index is 399. The van der Waals surface area contributed by atoms with Gasteiger partial charge in [0.1, 0.15) is 5.75 Å². The van der Waals surface area contributed by atoms with Crippen molar-refractivity contribution < 1.29 is 9.90 Å². The van der Waals surface area contributed by atoms with E-state index in [0.29, 0.717) is 18.0 Å². The SMILES string of the molecule is CCN(CC(C)C)C(=O)c1ccc(O)c(C)c1. The van der Waals surface area contributed by atoms with Gasteiger partial charge in [0.25, 0.3) is 5.91 Å². The molecule has 0 radical (unpaired) electrons. The highest BCUT2D eigenvalue weighted by Gasteiger charge is 2.15. The Morgan fingerprint density at radius 3 is 2.53 bits per heavy atom. The van der Waals surface area contributed by atoms with Gasteiger partial charge in [0, 0.05) is 18.7 Å². The number of aromatic hydroxyl groups is 1. The molecular weight excluding hydrogens is 214 g/mol. The number of phenols is 1. The molecule has 0 heterocycles. The quantitative estimate of drug-likeness (QED) is 0.871. The lowest BCUT2D eigenvalue weighted by molar-refractivity contribution is 0.0745. The summed E-state index contributed by atoms with van der Waals surface area (Å²) in [6.07, 6.45) is 0. The smallest absolute Gasteiger partial charge is 0.253 e. The van der Waals surface area contributed by atoms with Gasteiger partial charge in [0.05, 0.1) is 0 Å². The number of benzene rings is 1. The Hall–Kier alpha value is -1.51. The van der Waals surface area contributed by atoms with Crippen LogP contribution in [0.5, 0.6) is 5.75 Å². The van der Waals surface area contributed by atoms with Gasteiger partial charge in [-0.2, -0.15) is 0 Å². The van der Waals surface area contributed by atoms with Gasteiger partial charge in [-0.05, 0) is 43.5 Å². The first-order valence-corrected chi connectivity index (χ1v) is 6.04. The molecule has 0 aromatic heterocycles. The highest BCUT2D eigenvalue weighted by atomic mass is 16.3. The van der Waals surface area contributed by atoms with Gasteiger partial charge in [-0.1, -0.05) is 13.8 Å². The number of hydrogen-bond donors (Lipinski definition) is 1. The summed E-state index contributed by atoms with van der Waals surface area (Å²) in [7, 11) is 0. The van der Waals surface area contributed by atoms with Crippen molar-refractivity contribution in [3.63, 3.8) is 0 Å². The zero-order chi connectivity index (χ0) is 13.0. The van der Waals surface area contributed by atoms with Crippen LogP contribution in [0.15, 0.2) is 18.2 Å². The third-order valence-corrected chi connectivity index (χ3v) is 2.70. The number of aryl methyl sites for hydroxylation is 1. The van der Waals surface area contributed by atoms with Crippen LogP contribution in [-0.2, 0) is 0 Å². The summed E-state index contributed by atoms with van der Waals surface area (Å²) in [5, 5.41) is 9.44. The molecule has 3 nitrogen and oxygen atoms in total. The molecule has 1 aromatic rings. The maximum atomic E-state index is 12.2. The van der Waals surface area contributed by atoms with E-state index in [1.807, 2.05) is 11.8 Å². The zero-order valence-corrected chi connectivity index (χ0v) is 11.0. The topological polar surface area (TPSA) is 40.5 Å². The third-order valence-electron chi connectivity index (χ3n) is 2.70. The van der Waals surface area contributed by atoms with Crippen LogP contribution in [0.25, 0.3) is 0 Å². The monoisotopic (exact) mass is 235 g/mol. The average molecular weight is 235 g/mol. The van der Waals surface area contributed by atoms with Crippen molar-refractivity contribution in [1.82, 2.24) is 4.90 Å². The summed E-state index contributed by atoms with van der Waals surface area (Å²) in [6.45, 7) is 9.43. The van der Waals surface area contributed by atoms with Crippen molar-refractivity contribution in [3.8, 4) is 5.75 Å². The van der Waals surface area contributed by atoms with E-state index in [9.17, 15) is 9.90 Å². The van der Waals surface area contributed by atoms with Gasteiger partial charge in [-0.15, -0.1) is 0 Å². The molecule has 0 atom stereocenters. The Kier molecular flexibility index (Phi) is 4.55. The van der Waals surface area contributed by atoms with Crippen LogP contribution in [0.4, 0.5) is 0 Å². The van der Waals surface area contributed by atoms with E-state index in [0.717, 1.165) is 12.1 Å². The Balaban J connectivity index is 2.90. The predicted octanol–water partition coefficient (Wildman–Crippen LogP) is 2.82. The number of nitrogens with zero attached hydrogens (tertiary/aromatic N) is 1. The molecule has 1 amide bonds. The van der Waals surface area contributed by atoms with Crippen LogP contribution >= 0.6 is 0 Å². The third kappa shape index (κ3) is 3.48. The summed E-state index contributed by atoms with van der Waals surface area (Å²) in [5.74, 6) is 0.717. The lowest BCUT2D eigenvalue weighted by atomic mass is 10.1. The molecule has 0 saturated heterocycles. The Labute approximate surface area is 103 Å². The first-order chi connectivity index (χ1) is 7.95.